The third-order valence-electron chi connectivity index (χ3n) is 3.99. The lowest BCUT2D eigenvalue weighted by Gasteiger charge is -2.05. The molecule has 2 heterocycles. The summed E-state index contributed by atoms with van der Waals surface area (Å²) in [6, 6.07) is 17.4. The fourth-order valence-electron chi connectivity index (χ4n) is 2.81. The number of fused-ring (bicyclic) bond motifs is 3. The Kier molecular flexibility index (Phi) is 4.68. The standard InChI is InChI=1S/C20H16N4O2S/c1-13(25)11-15(26)12-27-20-21-17-10-6-5-9-16(17)19-22-18(23-24(19)20)14-7-3-2-4-8-14/h2-10H,11-12H2,1H3. The van der Waals surface area contributed by atoms with Gasteiger partial charge in [-0.2, -0.15) is 4.52 Å². The van der Waals surface area contributed by atoms with Gasteiger partial charge in [0.25, 0.3) is 0 Å². The number of para-hydroxylation sites is 1. The van der Waals surface area contributed by atoms with Gasteiger partial charge in [0, 0.05) is 10.9 Å². The molecule has 7 heteroatoms. The second-order valence-electron chi connectivity index (χ2n) is 6.15. The van der Waals surface area contributed by atoms with Gasteiger partial charge in [0.05, 0.1) is 17.7 Å². The smallest absolute Gasteiger partial charge is 0.192 e. The van der Waals surface area contributed by atoms with Gasteiger partial charge in [-0.05, 0) is 19.1 Å². The minimum Gasteiger partial charge on any atom is -0.300 e. The molecule has 0 atom stereocenters. The van der Waals surface area contributed by atoms with Gasteiger partial charge in [-0.25, -0.2) is 9.97 Å². The Morgan fingerprint density at radius 2 is 1.74 bits per heavy atom. The van der Waals surface area contributed by atoms with Crippen LogP contribution in [0.25, 0.3) is 27.9 Å². The van der Waals surface area contributed by atoms with Crippen LogP contribution in [0.2, 0.25) is 0 Å². The molecule has 0 N–H and O–H groups in total. The van der Waals surface area contributed by atoms with Crippen LogP contribution in [0.1, 0.15) is 13.3 Å². The van der Waals surface area contributed by atoms with Crippen LogP contribution < -0.4 is 0 Å². The number of aromatic nitrogens is 4. The Morgan fingerprint density at radius 3 is 2.52 bits per heavy atom. The average Bonchev–Trinajstić information content (AvgIpc) is 3.12. The summed E-state index contributed by atoms with van der Waals surface area (Å²) in [5.74, 6) is 0.509. The van der Waals surface area contributed by atoms with E-state index < -0.39 is 0 Å². The zero-order chi connectivity index (χ0) is 18.8. The van der Waals surface area contributed by atoms with Crippen molar-refractivity contribution in [2.45, 2.75) is 18.5 Å². The fraction of sp³-hybridized carbons (Fsp3) is 0.150. The van der Waals surface area contributed by atoms with E-state index in [-0.39, 0.29) is 23.7 Å². The molecule has 0 saturated heterocycles. The van der Waals surface area contributed by atoms with Crippen molar-refractivity contribution in [3.05, 3.63) is 54.6 Å². The van der Waals surface area contributed by atoms with Crippen molar-refractivity contribution in [3.63, 3.8) is 0 Å². The largest absolute Gasteiger partial charge is 0.300 e. The molecule has 4 aromatic rings. The number of ketones is 2. The number of rotatable bonds is 6. The number of Topliss-reactive ketones (excluding diaryl/α,β-unsaturated/α-hetero) is 2. The highest BCUT2D eigenvalue weighted by molar-refractivity contribution is 7.99. The number of thioether (sulfide) groups is 1. The normalized spacial score (nSPS) is 11.1. The Labute approximate surface area is 159 Å². The summed E-state index contributed by atoms with van der Waals surface area (Å²) in [6.07, 6.45) is -0.0592. The fourth-order valence-corrected chi connectivity index (χ4v) is 3.61. The minimum atomic E-state index is -0.135. The van der Waals surface area contributed by atoms with E-state index >= 15 is 0 Å². The van der Waals surface area contributed by atoms with Crippen molar-refractivity contribution >= 4 is 39.9 Å². The first-order valence-corrected chi connectivity index (χ1v) is 9.45. The molecule has 0 unspecified atom stereocenters. The van der Waals surface area contributed by atoms with Gasteiger partial charge in [-0.15, -0.1) is 5.10 Å². The predicted octanol–water partition coefficient (Wildman–Crippen LogP) is 3.58. The molecule has 0 amide bonds. The molecule has 2 aromatic heterocycles. The zero-order valence-electron chi connectivity index (χ0n) is 14.6. The maximum atomic E-state index is 11.9. The molecule has 2 aromatic carbocycles. The SMILES string of the molecule is CC(=O)CC(=O)CSc1nc2ccccc2c2nc(-c3ccccc3)nn12. The van der Waals surface area contributed by atoms with Crippen LogP contribution in [-0.4, -0.2) is 36.9 Å². The van der Waals surface area contributed by atoms with E-state index in [0.717, 1.165) is 16.5 Å². The van der Waals surface area contributed by atoms with Gasteiger partial charge in [-0.3, -0.25) is 9.59 Å². The van der Waals surface area contributed by atoms with Gasteiger partial charge in [0.1, 0.15) is 5.78 Å². The molecule has 134 valence electrons. The monoisotopic (exact) mass is 376 g/mol. The highest BCUT2D eigenvalue weighted by Gasteiger charge is 2.16. The van der Waals surface area contributed by atoms with Crippen LogP contribution >= 0.6 is 11.8 Å². The third kappa shape index (κ3) is 3.59. The molecule has 0 radical (unpaired) electrons. The highest BCUT2D eigenvalue weighted by atomic mass is 32.2. The van der Waals surface area contributed by atoms with Crippen molar-refractivity contribution < 1.29 is 9.59 Å². The van der Waals surface area contributed by atoms with E-state index in [1.165, 1.54) is 18.7 Å². The predicted molar refractivity (Wildman–Crippen MR) is 105 cm³/mol. The number of hydrogen-bond acceptors (Lipinski definition) is 6. The first kappa shape index (κ1) is 17.4. The van der Waals surface area contributed by atoms with E-state index in [0.29, 0.717) is 16.6 Å². The lowest BCUT2D eigenvalue weighted by atomic mass is 10.2. The summed E-state index contributed by atoms with van der Waals surface area (Å²) in [4.78, 5) is 32.4. The third-order valence-corrected chi connectivity index (χ3v) is 4.98. The van der Waals surface area contributed by atoms with E-state index in [1.807, 2.05) is 54.6 Å². The molecule has 0 aliphatic carbocycles. The minimum absolute atomic E-state index is 0.0592. The zero-order valence-corrected chi connectivity index (χ0v) is 15.4. The van der Waals surface area contributed by atoms with Gasteiger partial charge in [0.15, 0.2) is 22.4 Å². The van der Waals surface area contributed by atoms with Crippen molar-refractivity contribution in [1.29, 1.82) is 0 Å². The Balaban J connectivity index is 1.80. The molecular formula is C20H16N4O2S. The molecule has 0 spiro atoms. The summed E-state index contributed by atoms with van der Waals surface area (Å²) in [5.41, 5.74) is 2.40. The van der Waals surface area contributed by atoms with E-state index in [2.05, 4.69) is 10.1 Å². The maximum Gasteiger partial charge on any atom is 0.192 e. The number of carbonyl (C=O) groups excluding carboxylic acids is 2. The average molecular weight is 376 g/mol. The number of hydrogen-bond donors (Lipinski definition) is 0. The molecular weight excluding hydrogens is 360 g/mol. The Bertz CT molecular complexity index is 1150. The molecule has 0 bridgehead atoms. The molecule has 0 fully saturated rings. The summed E-state index contributed by atoms with van der Waals surface area (Å²) >= 11 is 1.27. The van der Waals surface area contributed by atoms with E-state index in [4.69, 9.17) is 4.98 Å². The summed E-state index contributed by atoms with van der Waals surface area (Å²) in [7, 11) is 0. The molecule has 27 heavy (non-hydrogen) atoms. The first-order chi connectivity index (χ1) is 13.1. The van der Waals surface area contributed by atoms with Crippen LogP contribution in [0.4, 0.5) is 0 Å². The Hall–Kier alpha value is -3.06. The molecule has 0 aliphatic rings. The van der Waals surface area contributed by atoms with Gasteiger partial charge in [-0.1, -0.05) is 54.2 Å². The number of nitrogens with zero attached hydrogens (tertiary/aromatic N) is 4. The quantitative estimate of drug-likeness (QED) is 0.291. The topological polar surface area (TPSA) is 77.2 Å². The molecule has 4 rings (SSSR count). The van der Waals surface area contributed by atoms with E-state index in [1.54, 1.807) is 4.52 Å². The van der Waals surface area contributed by atoms with Gasteiger partial charge < -0.3 is 0 Å². The van der Waals surface area contributed by atoms with Crippen LogP contribution in [0.15, 0.2) is 59.8 Å². The van der Waals surface area contributed by atoms with Crippen molar-refractivity contribution in [3.8, 4) is 11.4 Å². The highest BCUT2D eigenvalue weighted by Crippen LogP contribution is 2.26. The van der Waals surface area contributed by atoms with Crippen LogP contribution in [0.5, 0.6) is 0 Å². The molecule has 0 saturated carbocycles. The van der Waals surface area contributed by atoms with Crippen molar-refractivity contribution in [2.75, 3.05) is 5.75 Å². The maximum absolute atomic E-state index is 11.9. The lowest BCUT2D eigenvalue weighted by Crippen LogP contribution is -2.08. The van der Waals surface area contributed by atoms with Crippen LogP contribution in [0, 0.1) is 0 Å². The lowest BCUT2D eigenvalue weighted by molar-refractivity contribution is -0.124. The van der Waals surface area contributed by atoms with Gasteiger partial charge >= 0.3 is 0 Å². The first-order valence-electron chi connectivity index (χ1n) is 8.46. The second-order valence-corrected chi connectivity index (χ2v) is 7.10. The van der Waals surface area contributed by atoms with Crippen LogP contribution in [-0.2, 0) is 9.59 Å². The van der Waals surface area contributed by atoms with Crippen LogP contribution in [0.3, 0.4) is 0 Å². The summed E-state index contributed by atoms with van der Waals surface area (Å²) in [5, 5.41) is 6.09. The summed E-state index contributed by atoms with van der Waals surface area (Å²) < 4.78 is 1.68. The number of carbonyl (C=O) groups is 2. The van der Waals surface area contributed by atoms with Crippen molar-refractivity contribution in [2.24, 2.45) is 0 Å². The molecule has 6 nitrogen and oxygen atoms in total. The Morgan fingerprint density at radius 1 is 1.00 bits per heavy atom. The second kappa shape index (κ2) is 7.28. The number of benzene rings is 2. The van der Waals surface area contributed by atoms with Gasteiger partial charge in [0.2, 0.25) is 0 Å². The molecule has 0 aliphatic heterocycles. The van der Waals surface area contributed by atoms with Crippen molar-refractivity contribution in [1.82, 2.24) is 19.6 Å². The van der Waals surface area contributed by atoms with E-state index in [9.17, 15) is 9.59 Å². The summed E-state index contributed by atoms with van der Waals surface area (Å²) in [6.45, 7) is 1.42.